The molecule has 0 fully saturated rings. The molecule has 0 saturated carbocycles. The van der Waals surface area contributed by atoms with Gasteiger partial charge in [-0.1, -0.05) is 11.6 Å². The van der Waals surface area contributed by atoms with Crippen molar-refractivity contribution >= 4 is 34.6 Å². The highest BCUT2D eigenvalue weighted by molar-refractivity contribution is 7.08. The third kappa shape index (κ3) is 3.72. The van der Waals surface area contributed by atoms with Gasteiger partial charge in [0.25, 0.3) is 0 Å². The molecular formula is C14H14ClNO2S. The monoisotopic (exact) mass is 295 g/mol. The van der Waals surface area contributed by atoms with Gasteiger partial charge < -0.3 is 10.1 Å². The van der Waals surface area contributed by atoms with Gasteiger partial charge in [-0.05, 0) is 53.6 Å². The van der Waals surface area contributed by atoms with E-state index in [0.29, 0.717) is 11.6 Å². The van der Waals surface area contributed by atoms with Crippen molar-refractivity contribution in [2.75, 3.05) is 11.9 Å². The predicted octanol–water partition coefficient (Wildman–Crippen LogP) is 4.12. The summed E-state index contributed by atoms with van der Waals surface area (Å²) in [6.07, 6.45) is 0. The van der Waals surface area contributed by atoms with Gasteiger partial charge in [-0.25, -0.2) is 4.79 Å². The highest BCUT2D eigenvalue weighted by Gasteiger charge is 2.22. The topological polar surface area (TPSA) is 38.3 Å². The van der Waals surface area contributed by atoms with E-state index in [1.54, 1.807) is 30.4 Å². The van der Waals surface area contributed by atoms with E-state index in [1.807, 2.05) is 29.0 Å². The summed E-state index contributed by atoms with van der Waals surface area (Å²) in [5.41, 5.74) is 1.73. The average molecular weight is 296 g/mol. The number of nitrogens with one attached hydrogen (secondary N) is 1. The van der Waals surface area contributed by atoms with E-state index in [9.17, 15) is 4.79 Å². The van der Waals surface area contributed by atoms with E-state index in [1.165, 1.54) is 0 Å². The Morgan fingerprint density at radius 1 is 1.37 bits per heavy atom. The van der Waals surface area contributed by atoms with Gasteiger partial charge in [0.05, 0.1) is 6.61 Å². The summed E-state index contributed by atoms with van der Waals surface area (Å²) in [4.78, 5) is 12.0. The Hall–Kier alpha value is -1.52. The zero-order valence-electron chi connectivity index (χ0n) is 10.4. The zero-order valence-corrected chi connectivity index (χ0v) is 12.0. The van der Waals surface area contributed by atoms with Crippen molar-refractivity contribution in [1.82, 2.24) is 0 Å². The summed E-state index contributed by atoms with van der Waals surface area (Å²) in [5, 5.41) is 7.70. The lowest BCUT2D eigenvalue weighted by Crippen LogP contribution is -2.22. The first-order chi connectivity index (χ1) is 9.20. The second-order valence-corrected chi connectivity index (χ2v) is 5.11. The fourth-order valence-electron chi connectivity index (χ4n) is 1.66. The second kappa shape index (κ2) is 6.59. The van der Waals surface area contributed by atoms with E-state index in [-0.39, 0.29) is 5.97 Å². The van der Waals surface area contributed by atoms with Crippen LogP contribution in [0.3, 0.4) is 0 Å². The lowest BCUT2D eigenvalue weighted by atomic mass is 10.1. The quantitative estimate of drug-likeness (QED) is 0.843. The molecule has 1 unspecified atom stereocenters. The third-order valence-corrected chi connectivity index (χ3v) is 3.51. The smallest absolute Gasteiger partial charge is 0.333 e. The molecule has 0 aliphatic carbocycles. The van der Waals surface area contributed by atoms with Gasteiger partial charge in [0.1, 0.15) is 0 Å². The minimum absolute atomic E-state index is 0.282. The number of anilines is 1. The summed E-state index contributed by atoms with van der Waals surface area (Å²) in [5.74, 6) is -0.282. The van der Waals surface area contributed by atoms with Gasteiger partial charge in [-0.3, -0.25) is 0 Å². The molecule has 0 radical (unpaired) electrons. The first kappa shape index (κ1) is 13.9. The van der Waals surface area contributed by atoms with Crippen LogP contribution in [0.15, 0.2) is 41.1 Å². The Morgan fingerprint density at radius 3 is 2.68 bits per heavy atom. The molecule has 0 saturated heterocycles. The van der Waals surface area contributed by atoms with E-state index in [0.717, 1.165) is 11.3 Å². The zero-order chi connectivity index (χ0) is 13.7. The van der Waals surface area contributed by atoms with Crippen molar-refractivity contribution in [3.63, 3.8) is 0 Å². The SMILES string of the molecule is CCOC(=O)C(Nc1ccc(Cl)cc1)c1ccsc1. The summed E-state index contributed by atoms with van der Waals surface area (Å²) in [7, 11) is 0. The van der Waals surface area contributed by atoms with Crippen LogP contribution in [-0.4, -0.2) is 12.6 Å². The molecule has 1 aromatic heterocycles. The lowest BCUT2D eigenvalue weighted by Gasteiger charge is -2.17. The number of ether oxygens (including phenoxy) is 1. The maximum absolute atomic E-state index is 12.0. The Labute approximate surface area is 121 Å². The Kier molecular flexibility index (Phi) is 4.82. The molecule has 3 nitrogen and oxygen atoms in total. The molecule has 19 heavy (non-hydrogen) atoms. The number of hydrogen-bond acceptors (Lipinski definition) is 4. The summed E-state index contributed by atoms with van der Waals surface area (Å²) in [6, 6.07) is 8.64. The van der Waals surface area contributed by atoms with Crippen LogP contribution in [0.25, 0.3) is 0 Å². The van der Waals surface area contributed by atoms with E-state index in [2.05, 4.69) is 5.32 Å². The first-order valence-electron chi connectivity index (χ1n) is 5.91. The van der Waals surface area contributed by atoms with E-state index in [4.69, 9.17) is 16.3 Å². The molecule has 1 heterocycles. The highest BCUT2D eigenvalue weighted by atomic mass is 35.5. The minimum Gasteiger partial charge on any atom is -0.464 e. The first-order valence-corrected chi connectivity index (χ1v) is 7.23. The lowest BCUT2D eigenvalue weighted by molar-refractivity contribution is -0.144. The molecule has 0 spiro atoms. The average Bonchev–Trinajstić information content (AvgIpc) is 2.92. The maximum atomic E-state index is 12.0. The third-order valence-electron chi connectivity index (χ3n) is 2.55. The number of benzene rings is 1. The summed E-state index contributed by atoms with van der Waals surface area (Å²) in [6.45, 7) is 2.16. The number of carbonyl (C=O) groups excluding carboxylic acids is 1. The fraction of sp³-hybridized carbons (Fsp3) is 0.214. The van der Waals surface area contributed by atoms with Crippen molar-refractivity contribution in [3.8, 4) is 0 Å². The Bertz CT molecular complexity index is 525. The normalized spacial score (nSPS) is 11.9. The molecule has 0 amide bonds. The molecule has 1 aromatic carbocycles. The van der Waals surface area contributed by atoms with Crippen molar-refractivity contribution in [2.24, 2.45) is 0 Å². The Balaban J connectivity index is 2.18. The number of halogens is 1. The van der Waals surface area contributed by atoms with Gasteiger partial charge in [0.2, 0.25) is 0 Å². The standard InChI is InChI=1S/C14H14ClNO2S/c1-2-18-14(17)13(10-7-8-19-9-10)16-12-5-3-11(15)4-6-12/h3-9,13,16H,2H2,1H3. The van der Waals surface area contributed by atoms with Crippen LogP contribution in [0, 0.1) is 0 Å². The van der Waals surface area contributed by atoms with Crippen LogP contribution in [0.5, 0.6) is 0 Å². The van der Waals surface area contributed by atoms with Crippen LogP contribution in [0.1, 0.15) is 18.5 Å². The van der Waals surface area contributed by atoms with Gasteiger partial charge >= 0.3 is 5.97 Å². The maximum Gasteiger partial charge on any atom is 0.333 e. The predicted molar refractivity (Wildman–Crippen MR) is 78.8 cm³/mol. The number of carbonyl (C=O) groups is 1. The van der Waals surface area contributed by atoms with Crippen molar-refractivity contribution in [2.45, 2.75) is 13.0 Å². The van der Waals surface area contributed by atoms with Crippen LogP contribution in [0.2, 0.25) is 5.02 Å². The number of hydrogen-bond donors (Lipinski definition) is 1. The van der Waals surface area contributed by atoms with Crippen LogP contribution in [-0.2, 0) is 9.53 Å². The molecule has 5 heteroatoms. The number of thiophene rings is 1. The van der Waals surface area contributed by atoms with Crippen molar-refractivity contribution < 1.29 is 9.53 Å². The Morgan fingerprint density at radius 2 is 2.11 bits per heavy atom. The van der Waals surface area contributed by atoms with Gasteiger partial charge in [0, 0.05) is 10.7 Å². The van der Waals surface area contributed by atoms with Gasteiger partial charge in [-0.15, -0.1) is 0 Å². The molecule has 0 aliphatic heterocycles. The molecule has 100 valence electrons. The number of rotatable bonds is 5. The molecule has 1 atom stereocenters. The van der Waals surface area contributed by atoms with Crippen molar-refractivity contribution in [3.05, 3.63) is 51.7 Å². The van der Waals surface area contributed by atoms with Gasteiger partial charge in [0.15, 0.2) is 6.04 Å². The molecular weight excluding hydrogens is 282 g/mol. The minimum atomic E-state index is -0.493. The highest BCUT2D eigenvalue weighted by Crippen LogP contribution is 2.24. The van der Waals surface area contributed by atoms with E-state index >= 15 is 0 Å². The molecule has 2 rings (SSSR count). The molecule has 2 aromatic rings. The van der Waals surface area contributed by atoms with Crippen LogP contribution in [0.4, 0.5) is 5.69 Å². The van der Waals surface area contributed by atoms with Gasteiger partial charge in [-0.2, -0.15) is 11.3 Å². The fourth-order valence-corrected chi connectivity index (χ4v) is 2.47. The summed E-state index contributed by atoms with van der Waals surface area (Å²) < 4.78 is 5.10. The molecule has 1 N–H and O–H groups in total. The number of esters is 1. The second-order valence-electron chi connectivity index (χ2n) is 3.89. The van der Waals surface area contributed by atoms with Crippen molar-refractivity contribution in [1.29, 1.82) is 0 Å². The van der Waals surface area contributed by atoms with Crippen LogP contribution < -0.4 is 5.32 Å². The molecule has 0 aliphatic rings. The van der Waals surface area contributed by atoms with Crippen LogP contribution >= 0.6 is 22.9 Å². The molecule has 0 bridgehead atoms. The van der Waals surface area contributed by atoms with E-state index < -0.39 is 6.04 Å². The largest absolute Gasteiger partial charge is 0.464 e. The summed E-state index contributed by atoms with van der Waals surface area (Å²) >= 11 is 7.39.